The van der Waals surface area contributed by atoms with Crippen LogP contribution in [0.3, 0.4) is 0 Å². The number of nitrogens with zero attached hydrogens (tertiary/aromatic N) is 3. The molecule has 92 valence electrons. The number of allylic oxidation sites excluding steroid dienone is 1. The van der Waals surface area contributed by atoms with Crippen molar-refractivity contribution in [1.29, 1.82) is 0 Å². The van der Waals surface area contributed by atoms with Gasteiger partial charge in [-0.25, -0.2) is 0 Å². The highest BCUT2D eigenvalue weighted by Gasteiger charge is 2.07. The molecule has 0 atom stereocenters. The van der Waals surface area contributed by atoms with Gasteiger partial charge in [0.15, 0.2) is 0 Å². The van der Waals surface area contributed by atoms with E-state index in [-0.39, 0.29) is 5.91 Å². The van der Waals surface area contributed by atoms with Crippen LogP contribution < -0.4 is 0 Å². The highest BCUT2D eigenvalue weighted by molar-refractivity contribution is 5.98. The van der Waals surface area contributed by atoms with Crippen LogP contribution in [0.5, 0.6) is 0 Å². The zero-order valence-electron chi connectivity index (χ0n) is 10.1. The molecule has 0 bridgehead atoms. The minimum absolute atomic E-state index is 0.211. The number of carbonyl (C=O) groups excluding carboxylic acids is 1. The molecule has 0 spiro atoms. The Morgan fingerprint density at radius 3 is 2.58 bits per heavy atom. The molecule has 0 aliphatic rings. The van der Waals surface area contributed by atoms with Crippen LogP contribution in [-0.4, -0.2) is 20.9 Å². The average molecular weight is 249 g/mol. The van der Waals surface area contributed by atoms with E-state index in [1.54, 1.807) is 6.08 Å². The molecule has 4 nitrogen and oxygen atoms in total. The Bertz CT molecular complexity index is 744. The van der Waals surface area contributed by atoms with E-state index in [0.29, 0.717) is 11.0 Å². The van der Waals surface area contributed by atoms with E-state index in [9.17, 15) is 4.79 Å². The zero-order valence-corrected chi connectivity index (χ0v) is 10.1. The summed E-state index contributed by atoms with van der Waals surface area (Å²) in [4.78, 5) is 12.1. The normalized spacial score (nSPS) is 11.2. The van der Waals surface area contributed by atoms with E-state index >= 15 is 0 Å². The van der Waals surface area contributed by atoms with E-state index in [1.807, 2.05) is 54.6 Å². The van der Waals surface area contributed by atoms with Crippen molar-refractivity contribution in [1.82, 2.24) is 15.0 Å². The smallest absolute Gasteiger partial charge is 0.267 e. The molecule has 0 saturated heterocycles. The Balaban J connectivity index is 1.91. The summed E-state index contributed by atoms with van der Waals surface area (Å²) in [7, 11) is 0. The topological polar surface area (TPSA) is 47.8 Å². The molecule has 0 unspecified atom stereocenters. The summed E-state index contributed by atoms with van der Waals surface area (Å²) in [5.41, 5.74) is 2.40. The minimum Gasteiger partial charge on any atom is -0.267 e. The van der Waals surface area contributed by atoms with Crippen LogP contribution in [0.25, 0.3) is 17.1 Å². The molecule has 0 amide bonds. The van der Waals surface area contributed by atoms with Gasteiger partial charge in [0, 0.05) is 6.08 Å². The monoisotopic (exact) mass is 249 g/mol. The van der Waals surface area contributed by atoms with Crippen molar-refractivity contribution in [2.45, 2.75) is 0 Å². The summed E-state index contributed by atoms with van der Waals surface area (Å²) < 4.78 is 1.30. The molecule has 1 heterocycles. The largest absolute Gasteiger partial charge is 0.272 e. The Morgan fingerprint density at radius 2 is 1.74 bits per heavy atom. The maximum Gasteiger partial charge on any atom is 0.272 e. The molecule has 4 heteroatoms. The number of para-hydroxylation sites is 1. The number of hydrogen-bond donors (Lipinski definition) is 0. The minimum atomic E-state index is -0.211. The van der Waals surface area contributed by atoms with Gasteiger partial charge in [-0.3, -0.25) is 4.79 Å². The van der Waals surface area contributed by atoms with Crippen molar-refractivity contribution >= 4 is 23.0 Å². The third kappa shape index (κ3) is 2.28. The predicted molar refractivity (Wildman–Crippen MR) is 73.6 cm³/mol. The van der Waals surface area contributed by atoms with Gasteiger partial charge in [0.05, 0.1) is 5.52 Å². The summed E-state index contributed by atoms with van der Waals surface area (Å²) in [6, 6.07) is 17.0. The maximum atomic E-state index is 12.1. The van der Waals surface area contributed by atoms with Crippen LogP contribution >= 0.6 is 0 Å². The number of hydrogen-bond acceptors (Lipinski definition) is 3. The van der Waals surface area contributed by atoms with Gasteiger partial charge in [-0.15, -0.1) is 5.10 Å². The van der Waals surface area contributed by atoms with Crippen LogP contribution in [0.2, 0.25) is 0 Å². The van der Waals surface area contributed by atoms with Crippen LogP contribution in [0, 0.1) is 0 Å². The lowest BCUT2D eigenvalue weighted by Gasteiger charge is -1.95. The van der Waals surface area contributed by atoms with Crippen LogP contribution in [0.1, 0.15) is 10.4 Å². The summed E-state index contributed by atoms with van der Waals surface area (Å²) in [6.45, 7) is 0. The van der Waals surface area contributed by atoms with Gasteiger partial charge in [-0.1, -0.05) is 47.7 Å². The van der Waals surface area contributed by atoms with Gasteiger partial charge in [-0.2, -0.15) is 4.68 Å². The van der Waals surface area contributed by atoms with Gasteiger partial charge < -0.3 is 0 Å². The van der Waals surface area contributed by atoms with E-state index < -0.39 is 0 Å². The number of benzene rings is 2. The van der Waals surface area contributed by atoms with Crippen LogP contribution in [0.15, 0.2) is 60.7 Å². The van der Waals surface area contributed by atoms with E-state index in [2.05, 4.69) is 10.3 Å². The predicted octanol–water partition coefficient (Wildman–Crippen LogP) is 2.78. The third-order valence-corrected chi connectivity index (χ3v) is 2.78. The van der Waals surface area contributed by atoms with Crippen LogP contribution in [-0.2, 0) is 0 Å². The lowest BCUT2D eigenvalue weighted by molar-refractivity contribution is 0.0958. The number of rotatable bonds is 2. The second kappa shape index (κ2) is 4.86. The molecular formula is C15H11N3O. The van der Waals surface area contributed by atoms with Crippen molar-refractivity contribution < 1.29 is 4.79 Å². The first-order valence-electron chi connectivity index (χ1n) is 5.92. The summed E-state index contributed by atoms with van der Waals surface area (Å²) >= 11 is 0. The molecule has 2 aromatic carbocycles. The second-order valence-corrected chi connectivity index (χ2v) is 4.07. The summed E-state index contributed by atoms with van der Waals surface area (Å²) in [6.07, 6.45) is 3.26. The fourth-order valence-corrected chi connectivity index (χ4v) is 1.83. The lowest BCUT2D eigenvalue weighted by atomic mass is 10.2. The van der Waals surface area contributed by atoms with Crippen molar-refractivity contribution in [2.24, 2.45) is 0 Å². The second-order valence-electron chi connectivity index (χ2n) is 4.07. The first kappa shape index (κ1) is 11.3. The molecule has 19 heavy (non-hydrogen) atoms. The van der Waals surface area contributed by atoms with E-state index in [4.69, 9.17) is 0 Å². The molecule has 0 radical (unpaired) electrons. The third-order valence-electron chi connectivity index (χ3n) is 2.78. The van der Waals surface area contributed by atoms with Crippen molar-refractivity contribution in [3.05, 3.63) is 66.2 Å². The number of carbonyl (C=O) groups is 1. The van der Waals surface area contributed by atoms with Gasteiger partial charge in [0.1, 0.15) is 5.52 Å². The Hall–Kier alpha value is -2.75. The fraction of sp³-hybridized carbons (Fsp3) is 0. The van der Waals surface area contributed by atoms with Gasteiger partial charge in [-0.05, 0) is 23.8 Å². The molecule has 3 rings (SSSR count). The summed E-state index contributed by atoms with van der Waals surface area (Å²) in [5, 5.41) is 7.83. The molecule has 0 aliphatic carbocycles. The molecule has 0 N–H and O–H groups in total. The maximum absolute atomic E-state index is 12.1. The molecule has 1 aromatic heterocycles. The zero-order chi connectivity index (χ0) is 13.1. The number of fused-ring (bicyclic) bond motifs is 1. The Labute approximate surface area is 110 Å². The van der Waals surface area contributed by atoms with Gasteiger partial charge in [0.25, 0.3) is 5.91 Å². The number of aromatic nitrogens is 3. The standard InChI is InChI=1S/C15H11N3O/c19-15(11-10-12-6-2-1-3-7-12)18-14-9-5-4-8-13(14)16-17-18/h1-11H. The summed E-state index contributed by atoms with van der Waals surface area (Å²) in [5.74, 6) is -0.211. The van der Waals surface area contributed by atoms with Crippen molar-refractivity contribution in [3.63, 3.8) is 0 Å². The average Bonchev–Trinajstić information content (AvgIpc) is 2.90. The van der Waals surface area contributed by atoms with E-state index in [0.717, 1.165) is 5.56 Å². The molecule has 3 aromatic rings. The first-order chi connectivity index (χ1) is 9.34. The van der Waals surface area contributed by atoms with Gasteiger partial charge in [0.2, 0.25) is 0 Å². The highest BCUT2D eigenvalue weighted by Crippen LogP contribution is 2.10. The first-order valence-corrected chi connectivity index (χ1v) is 5.92. The van der Waals surface area contributed by atoms with Gasteiger partial charge >= 0.3 is 0 Å². The Morgan fingerprint density at radius 1 is 1.00 bits per heavy atom. The molecular weight excluding hydrogens is 238 g/mol. The lowest BCUT2D eigenvalue weighted by Crippen LogP contribution is -2.08. The highest BCUT2D eigenvalue weighted by atomic mass is 16.2. The molecule has 0 saturated carbocycles. The SMILES string of the molecule is O=C(C=Cc1ccccc1)n1nnc2ccccc21. The fourth-order valence-electron chi connectivity index (χ4n) is 1.83. The quantitative estimate of drug-likeness (QED) is 0.656. The van der Waals surface area contributed by atoms with Crippen molar-refractivity contribution in [3.8, 4) is 0 Å². The van der Waals surface area contributed by atoms with Crippen molar-refractivity contribution in [2.75, 3.05) is 0 Å². The van der Waals surface area contributed by atoms with E-state index in [1.165, 1.54) is 10.8 Å². The Kier molecular flexibility index (Phi) is 2.90. The molecule has 0 aliphatic heterocycles. The van der Waals surface area contributed by atoms with Crippen LogP contribution in [0.4, 0.5) is 0 Å². The molecule has 0 fully saturated rings.